The number of rotatable bonds is 5. The summed E-state index contributed by atoms with van der Waals surface area (Å²) in [6.07, 6.45) is 1.61. The molecule has 0 radical (unpaired) electrons. The van der Waals surface area contributed by atoms with E-state index in [1.807, 2.05) is 36.1 Å². The zero-order valence-electron chi connectivity index (χ0n) is 15.9. The largest absolute Gasteiger partial charge is 0.495 e. The van der Waals surface area contributed by atoms with Crippen molar-refractivity contribution < 1.29 is 14.3 Å². The number of para-hydroxylation sites is 2. The Balaban J connectivity index is 1.69. The second-order valence-electron chi connectivity index (χ2n) is 6.56. The Morgan fingerprint density at radius 2 is 1.78 bits per heavy atom. The number of ether oxygens (including phenoxy) is 2. The Labute approximate surface area is 158 Å². The van der Waals surface area contributed by atoms with Crippen LogP contribution in [0.2, 0.25) is 0 Å². The molecular weight excluding hydrogens is 346 g/mol. The second-order valence-corrected chi connectivity index (χ2v) is 6.56. The first-order valence-electron chi connectivity index (χ1n) is 8.96. The number of piperazine rings is 1. The lowest BCUT2D eigenvalue weighted by Crippen LogP contribution is -2.55. The highest BCUT2D eigenvalue weighted by molar-refractivity contribution is 5.77. The van der Waals surface area contributed by atoms with E-state index in [9.17, 15) is 9.59 Å². The predicted octanol–water partition coefficient (Wildman–Crippen LogP) is 1.60. The molecule has 1 amide bonds. The van der Waals surface area contributed by atoms with Gasteiger partial charge in [0.05, 0.1) is 19.9 Å². The molecule has 144 valence electrons. The Kier molecular flexibility index (Phi) is 5.69. The third kappa shape index (κ3) is 3.92. The number of carbonyl (C=O) groups is 1. The SMILES string of the molecule is COc1ccccc1N1CCN(C(=O)Cn2cccc(OC)c2=O)[C@@H](C)C1. The quantitative estimate of drug-likeness (QED) is 0.799. The number of aromatic nitrogens is 1. The number of anilines is 1. The summed E-state index contributed by atoms with van der Waals surface area (Å²) in [4.78, 5) is 29.1. The van der Waals surface area contributed by atoms with E-state index in [1.54, 1.807) is 25.4 Å². The van der Waals surface area contributed by atoms with E-state index in [4.69, 9.17) is 9.47 Å². The molecule has 1 aromatic carbocycles. The highest BCUT2D eigenvalue weighted by Gasteiger charge is 2.28. The highest BCUT2D eigenvalue weighted by Crippen LogP contribution is 2.29. The minimum absolute atomic E-state index is 0.00896. The van der Waals surface area contributed by atoms with Crippen molar-refractivity contribution in [3.8, 4) is 11.5 Å². The fourth-order valence-corrected chi connectivity index (χ4v) is 3.47. The molecule has 1 aliphatic rings. The summed E-state index contributed by atoms with van der Waals surface area (Å²) >= 11 is 0. The van der Waals surface area contributed by atoms with Crippen LogP contribution in [-0.2, 0) is 11.3 Å². The lowest BCUT2D eigenvalue weighted by atomic mass is 10.1. The van der Waals surface area contributed by atoms with Gasteiger partial charge in [-0.05, 0) is 31.2 Å². The minimum Gasteiger partial charge on any atom is -0.495 e. The molecule has 0 spiro atoms. The van der Waals surface area contributed by atoms with Gasteiger partial charge in [0.25, 0.3) is 5.56 Å². The number of hydrogen-bond acceptors (Lipinski definition) is 5. The van der Waals surface area contributed by atoms with Crippen LogP contribution in [0.1, 0.15) is 6.92 Å². The minimum atomic E-state index is -0.298. The lowest BCUT2D eigenvalue weighted by Gasteiger charge is -2.41. The first-order chi connectivity index (χ1) is 13.0. The molecule has 2 aromatic rings. The van der Waals surface area contributed by atoms with Crippen molar-refractivity contribution in [3.05, 3.63) is 52.9 Å². The van der Waals surface area contributed by atoms with Gasteiger partial charge in [-0.2, -0.15) is 0 Å². The number of carbonyl (C=O) groups excluding carboxylic acids is 1. The van der Waals surface area contributed by atoms with Gasteiger partial charge in [-0.1, -0.05) is 12.1 Å². The zero-order valence-corrected chi connectivity index (χ0v) is 15.9. The normalized spacial score (nSPS) is 16.9. The van der Waals surface area contributed by atoms with Crippen LogP contribution < -0.4 is 19.9 Å². The summed E-state index contributed by atoms with van der Waals surface area (Å²) < 4.78 is 11.9. The van der Waals surface area contributed by atoms with Crippen LogP contribution in [0.25, 0.3) is 0 Å². The molecule has 1 fully saturated rings. The first-order valence-corrected chi connectivity index (χ1v) is 8.96. The van der Waals surface area contributed by atoms with Crippen LogP contribution in [-0.4, -0.2) is 55.3 Å². The van der Waals surface area contributed by atoms with Crippen LogP contribution in [0.4, 0.5) is 5.69 Å². The molecular formula is C20H25N3O4. The molecule has 0 bridgehead atoms. The standard InChI is InChI=1S/C20H25N3O4/c1-15-13-21(16-7-4-5-8-17(16)26-2)11-12-23(15)19(24)14-22-10-6-9-18(27-3)20(22)25/h4-10,15H,11-14H2,1-3H3/t15-/m0/s1. The topological polar surface area (TPSA) is 64.0 Å². The number of nitrogens with zero attached hydrogens (tertiary/aromatic N) is 3. The van der Waals surface area contributed by atoms with E-state index < -0.39 is 0 Å². The van der Waals surface area contributed by atoms with Crippen molar-refractivity contribution in [2.75, 3.05) is 38.8 Å². The maximum atomic E-state index is 12.8. The average molecular weight is 371 g/mol. The monoisotopic (exact) mass is 371 g/mol. The van der Waals surface area contributed by atoms with Crippen molar-refractivity contribution in [2.24, 2.45) is 0 Å². The number of amides is 1. The van der Waals surface area contributed by atoms with Gasteiger partial charge < -0.3 is 23.8 Å². The highest BCUT2D eigenvalue weighted by atomic mass is 16.5. The van der Waals surface area contributed by atoms with E-state index in [0.29, 0.717) is 19.6 Å². The summed E-state index contributed by atoms with van der Waals surface area (Å²) in [6, 6.07) is 11.2. The van der Waals surface area contributed by atoms with Crippen LogP contribution in [0, 0.1) is 0 Å². The van der Waals surface area contributed by atoms with Crippen molar-refractivity contribution >= 4 is 11.6 Å². The van der Waals surface area contributed by atoms with Gasteiger partial charge in [0, 0.05) is 31.9 Å². The van der Waals surface area contributed by atoms with Crippen LogP contribution in [0.3, 0.4) is 0 Å². The summed E-state index contributed by atoms with van der Waals surface area (Å²) in [5, 5.41) is 0. The molecule has 0 saturated carbocycles. The van der Waals surface area contributed by atoms with E-state index in [-0.39, 0.29) is 29.8 Å². The molecule has 0 unspecified atom stereocenters. The average Bonchev–Trinajstić information content (AvgIpc) is 2.69. The Hall–Kier alpha value is -2.96. The van der Waals surface area contributed by atoms with Crippen molar-refractivity contribution in [1.29, 1.82) is 0 Å². The van der Waals surface area contributed by atoms with E-state index in [1.165, 1.54) is 11.7 Å². The fourth-order valence-electron chi connectivity index (χ4n) is 3.47. The van der Waals surface area contributed by atoms with E-state index in [0.717, 1.165) is 11.4 Å². The fraction of sp³-hybridized carbons (Fsp3) is 0.400. The molecule has 27 heavy (non-hydrogen) atoms. The first kappa shape index (κ1) is 18.8. The molecule has 3 rings (SSSR count). The summed E-state index contributed by atoms with van der Waals surface area (Å²) in [5.74, 6) is 0.990. The van der Waals surface area contributed by atoms with Gasteiger partial charge >= 0.3 is 0 Å². The molecule has 1 atom stereocenters. The number of pyridine rings is 1. The zero-order chi connectivity index (χ0) is 19.4. The van der Waals surface area contributed by atoms with Crippen LogP contribution in [0.15, 0.2) is 47.4 Å². The number of benzene rings is 1. The van der Waals surface area contributed by atoms with Crippen LogP contribution in [0.5, 0.6) is 11.5 Å². The third-order valence-electron chi connectivity index (χ3n) is 4.88. The third-order valence-corrected chi connectivity index (χ3v) is 4.88. The van der Waals surface area contributed by atoms with Gasteiger partial charge in [0.15, 0.2) is 5.75 Å². The summed E-state index contributed by atoms with van der Waals surface area (Å²) in [7, 11) is 3.11. The molecule has 2 heterocycles. The van der Waals surface area contributed by atoms with Crippen molar-refractivity contribution in [2.45, 2.75) is 19.5 Å². The summed E-state index contributed by atoms with van der Waals surface area (Å²) in [5.41, 5.74) is 0.733. The van der Waals surface area contributed by atoms with Gasteiger partial charge in [0.1, 0.15) is 12.3 Å². The van der Waals surface area contributed by atoms with Gasteiger partial charge in [-0.3, -0.25) is 9.59 Å². The predicted molar refractivity (Wildman–Crippen MR) is 104 cm³/mol. The van der Waals surface area contributed by atoms with E-state index >= 15 is 0 Å². The molecule has 0 aliphatic carbocycles. The molecule has 7 heteroatoms. The number of methoxy groups -OCH3 is 2. The molecule has 1 aromatic heterocycles. The van der Waals surface area contributed by atoms with Gasteiger partial charge in [-0.15, -0.1) is 0 Å². The Morgan fingerprint density at radius 1 is 1.07 bits per heavy atom. The molecule has 0 N–H and O–H groups in total. The molecule has 7 nitrogen and oxygen atoms in total. The maximum absolute atomic E-state index is 12.8. The van der Waals surface area contributed by atoms with E-state index in [2.05, 4.69) is 4.90 Å². The molecule has 1 saturated heterocycles. The smallest absolute Gasteiger partial charge is 0.293 e. The summed E-state index contributed by atoms with van der Waals surface area (Å²) in [6.45, 7) is 4.04. The lowest BCUT2D eigenvalue weighted by molar-refractivity contribution is -0.134. The second kappa shape index (κ2) is 8.16. The van der Waals surface area contributed by atoms with Crippen molar-refractivity contribution in [1.82, 2.24) is 9.47 Å². The van der Waals surface area contributed by atoms with Gasteiger partial charge in [0.2, 0.25) is 5.91 Å². The van der Waals surface area contributed by atoms with Crippen LogP contribution >= 0.6 is 0 Å². The van der Waals surface area contributed by atoms with Gasteiger partial charge in [-0.25, -0.2) is 0 Å². The van der Waals surface area contributed by atoms with Crippen molar-refractivity contribution in [3.63, 3.8) is 0 Å². The Bertz CT molecular complexity index is 864. The maximum Gasteiger partial charge on any atom is 0.293 e. The molecule has 1 aliphatic heterocycles. The number of hydrogen-bond donors (Lipinski definition) is 0. The Morgan fingerprint density at radius 3 is 2.48 bits per heavy atom.